The molecule has 7 nitrogen and oxygen atoms in total. The van der Waals surface area contributed by atoms with Crippen molar-refractivity contribution in [3.63, 3.8) is 0 Å². The van der Waals surface area contributed by atoms with Crippen LogP contribution in [-0.2, 0) is 16.8 Å². The van der Waals surface area contributed by atoms with E-state index in [1.807, 2.05) is 25.1 Å². The van der Waals surface area contributed by atoms with Crippen molar-refractivity contribution < 1.29 is 13.9 Å². The molecule has 0 bridgehead atoms. The van der Waals surface area contributed by atoms with Gasteiger partial charge in [0.25, 0.3) is 5.91 Å². The maximum absolute atomic E-state index is 13.5. The molecule has 2 atom stereocenters. The first-order valence-corrected chi connectivity index (χ1v) is 10.8. The third kappa shape index (κ3) is 3.60. The Kier molecular flexibility index (Phi) is 4.86. The molecule has 2 aliphatic rings. The third-order valence-corrected chi connectivity index (χ3v) is 6.31. The van der Waals surface area contributed by atoms with Crippen molar-refractivity contribution in [3.8, 4) is 16.9 Å². The van der Waals surface area contributed by atoms with Gasteiger partial charge in [0.1, 0.15) is 17.2 Å². The van der Waals surface area contributed by atoms with E-state index in [4.69, 9.17) is 22.1 Å². The van der Waals surface area contributed by atoms with Crippen LogP contribution in [0.15, 0.2) is 60.0 Å². The molecule has 4 heterocycles. The first-order chi connectivity index (χ1) is 15.7. The van der Waals surface area contributed by atoms with Gasteiger partial charge in [-0.1, -0.05) is 17.7 Å². The molecule has 1 spiro atoms. The van der Waals surface area contributed by atoms with Crippen LogP contribution in [0.5, 0.6) is 5.75 Å². The molecule has 0 fully saturated rings. The van der Waals surface area contributed by atoms with Crippen molar-refractivity contribution in [3.05, 3.63) is 77.1 Å². The number of benzene rings is 1. The lowest BCUT2D eigenvalue weighted by atomic mass is 9.74. The van der Waals surface area contributed by atoms with Crippen molar-refractivity contribution in [1.82, 2.24) is 14.9 Å². The van der Waals surface area contributed by atoms with Gasteiger partial charge >= 0.3 is 0 Å². The average molecular weight is 466 g/mol. The quantitative estimate of drug-likeness (QED) is 0.636. The molecular formula is C24H21ClFN5O2. The van der Waals surface area contributed by atoms with Crippen molar-refractivity contribution in [2.24, 2.45) is 10.7 Å². The summed E-state index contributed by atoms with van der Waals surface area (Å²) in [7, 11) is 1.61. The second kappa shape index (κ2) is 7.52. The van der Waals surface area contributed by atoms with E-state index in [2.05, 4.69) is 15.0 Å². The van der Waals surface area contributed by atoms with E-state index in [1.165, 1.54) is 17.2 Å². The molecule has 0 unspecified atom stereocenters. The highest BCUT2D eigenvalue weighted by molar-refractivity contribution is 6.30. The second-order valence-electron chi connectivity index (χ2n) is 8.67. The van der Waals surface area contributed by atoms with Crippen LogP contribution < -0.4 is 10.5 Å². The van der Waals surface area contributed by atoms with Gasteiger partial charge in [0.05, 0.1) is 11.2 Å². The number of rotatable bonds is 3. The highest BCUT2D eigenvalue weighted by Gasteiger charge is 2.56. The van der Waals surface area contributed by atoms with E-state index in [0.29, 0.717) is 28.5 Å². The van der Waals surface area contributed by atoms with Crippen LogP contribution in [0.25, 0.3) is 11.1 Å². The molecule has 2 N–H and O–H groups in total. The molecule has 0 saturated heterocycles. The Hall–Kier alpha value is -3.52. The molecule has 33 heavy (non-hydrogen) atoms. The number of amides is 1. The Balaban J connectivity index is 1.63. The maximum atomic E-state index is 13.5. The molecule has 1 aromatic carbocycles. The number of hydrogen-bond donors (Lipinski definition) is 1. The topological polar surface area (TPSA) is 93.7 Å². The van der Waals surface area contributed by atoms with E-state index in [-0.39, 0.29) is 18.3 Å². The van der Waals surface area contributed by atoms with Gasteiger partial charge in [0.2, 0.25) is 0 Å². The van der Waals surface area contributed by atoms with E-state index >= 15 is 0 Å². The van der Waals surface area contributed by atoms with Gasteiger partial charge in [0.15, 0.2) is 11.5 Å². The number of fused-ring (bicyclic) bond motifs is 2. The predicted molar refractivity (Wildman–Crippen MR) is 122 cm³/mol. The molecule has 9 heteroatoms. The summed E-state index contributed by atoms with van der Waals surface area (Å²) in [6.45, 7) is 1.90. The number of halogens is 2. The summed E-state index contributed by atoms with van der Waals surface area (Å²) in [5, 5.41) is 0.509. The number of pyridine rings is 2. The van der Waals surface area contributed by atoms with Gasteiger partial charge in [-0.05, 0) is 42.8 Å². The normalized spacial score (nSPS) is 23.9. The highest BCUT2D eigenvalue weighted by Crippen LogP contribution is 2.50. The molecular weight excluding hydrogens is 445 g/mol. The van der Waals surface area contributed by atoms with Gasteiger partial charge in [-0.25, -0.2) is 9.38 Å². The number of likely N-dealkylation sites (N-methyl/N-ethyl adjacent to an activating group) is 1. The summed E-state index contributed by atoms with van der Waals surface area (Å²) < 4.78 is 19.8. The molecule has 0 radical (unpaired) electrons. The fourth-order valence-electron chi connectivity index (χ4n) is 4.61. The molecule has 1 amide bonds. The minimum Gasteiger partial charge on any atom is -0.487 e. The smallest absolute Gasteiger partial charge is 0.261 e. The lowest BCUT2D eigenvalue weighted by Crippen LogP contribution is -2.51. The van der Waals surface area contributed by atoms with Gasteiger partial charge in [-0.2, -0.15) is 0 Å². The number of hydrogen-bond acceptors (Lipinski definition) is 6. The summed E-state index contributed by atoms with van der Waals surface area (Å²) >= 11 is 6.13. The van der Waals surface area contributed by atoms with E-state index in [0.717, 1.165) is 11.1 Å². The molecule has 168 valence electrons. The lowest BCUT2D eigenvalue weighted by Gasteiger charge is -2.43. The monoisotopic (exact) mass is 465 g/mol. The number of carbonyl (C=O) groups is 1. The van der Waals surface area contributed by atoms with Gasteiger partial charge in [-0.15, -0.1) is 0 Å². The Morgan fingerprint density at radius 2 is 2.00 bits per heavy atom. The van der Waals surface area contributed by atoms with Gasteiger partial charge in [-0.3, -0.25) is 19.7 Å². The van der Waals surface area contributed by atoms with Crippen LogP contribution in [0.4, 0.5) is 4.39 Å². The number of aliphatic imine (C=N–C) groups is 1. The van der Waals surface area contributed by atoms with Crippen LogP contribution in [0.1, 0.15) is 24.6 Å². The molecule has 5 rings (SSSR count). The first-order valence-electron chi connectivity index (χ1n) is 10.4. The van der Waals surface area contributed by atoms with E-state index < -0.39 is 17.0 Å². The number of guanidine groups is 1. The summed E-state index contributed by atoms with van der Waals surface area (Å²) in [5.41, 5.74) is 6.92. The summed E-state index contributed by atoms with van der Waals surface area (Å²) in [5.74, 6) is 0.0298. The second-order valence-corrected chi connectivity index (χ2v) is 9.11. The van der Waals surface area contributed by atoms with E-state index in [9.17, 15) is 9.18 Å². The Morgan fingerprint density at radius 1 is 1.18 bits per heavy atom. The highest BCUT2D eigenvalue weighted by atomic mass is 35.5. The largest absolute Gasteiger partial charge is 0.487 e. The Bertz CT molecular complexity index is 1300. The van der Waals surface area contributed by atoms with Gasteiger partial charge < -0.3 is 10.5 Å². The predicted octanol–water partition coefficient (Wildman–Crippen LogP) is 3.70. The van der Waals surface area contributed by atoms with Gasteiger partial charge in [0, 0.05) is 49.1 Å². The van der Waals surface area contributed by atoms with Crippen LogP contribution in [0, 0.1) is 5.82 Å². The zero-order valence-electron chi connectivity index (χ0n) is 18.0. The minimum atomic E-state index is -1.25. The van der Waals surface area contributed by atoms with Crippen molar-refractivity contribution in [2.45, 2.75) is 30.9 Å². The summed E-state index contributed by atoms with van der Waals surface area (Å²) in [6.07, 6.45) is 5.03. The number of nitrogens with zero attached hydrogens (tertiary/aromatic N) is 4. The summed E-state index contributed by atoms with van der Waals surface area (Å²) in [6, 6.07) is 10.4. The molecule has 0 saturated carbocycles. The molecule has 3 aromatic rings. The average Bonchev–Trinajstić information content (AvgIpc) is 2.99. The molecule has 2 aromatic heterocycles. The van der Waals surface area contributed by atoms with Crippen molar-refractivity contribution >= 4 is 23.5 Å². The SMILES string of the molecule is CN1C(=O)[C@]2(C[C@@](C)(Cc3ccc(F)cn3)Oc3ccc(-c4cncc(Cl)c4)cc32)N=C1N. The lowest BCUT2D eigenvalue weighted by molar-refractivity contribution is -0.133. The van der Waals surface area contributed by atoms with Crippen molar-refractivity contribution in [2.75, 3.05) is 7.05 Å². The van der Waals surface area contributed by atoms with Crippen molar-refractivity contribution in [1.29, 1.82) is 0 Å². The third-order valence-electron chi connectivity index (χ3n) is 6.10. The first kappa shape index (κ1) is 21.3. The number of ether oxygens (including phenoxy) is 1. The number of nitrogens with two attached hydrogens (primary N) is 1. The standard InChI is InChI=1S/C24H21ClFN5O2/c1-23(9-18-5-4-17(26)12-29-18)13-24(21(32)31(2)22(27)30-24)19-8-14(3-6-20(19)33-23)15-7-16(25)11-28-10-15/h3-8,10-12H,9,13H2,1-2H3,(H2,27,30)/t23-,24-/m1/s1. The zero-order valence-corrected chi connectivity index (χ0v) is 18.8. The minimum absolute atomic E-state index is 0.143. The number of carbonyl (C=O) groups excluding carboxylic acids is 1. The van der Waals surface area contributed by atoms with Crippen LogP contribution in [-0.4, -0.2) is 39.4 Å². The summed E-state index contributed by atoms with van der Waals surface area (Å²) in [4.78, 5) is 27.9. The fraction of sp³-hybridized carbons (Fsp3) is 0.250. The van der Waals surface area contributed by atoms with Crippen LogP contribution >= 0.6 is 11.6 Å². The fourth-order valence-corrected chi connectivity index (χ4v) is 4.79. The molecule has 0 aliphatic carbocycles. The van der Waals surface area contributed by atoms with E-state index in [1.54, 1.807) is 31.6 Å². The van der Waals surface area contributed by atoms with Crippen LogP contribution in [0.2, 0.25) is 5.02 Å². The maximum Gasteiger partial charge on any atom is 0.261 e. The number of aromatic nitrogens is 2. The zero-order chi connectivity index (χ0) is 23.4. The van der Waals surface area contributed by atoms with Crippen LogP contribution in [0.3, 0.4) is 0 Å². The Morgan fingerprint density at radius 3 is 2.67 bits per heavy atom. The molecule has 2 aliphatic heterocycles. The Labute approximate surface area is 195 Å².